The number of aliphatic hydroxyl groups excluding tert-OH is 1. The number of pyridine rings is 1. The molecule has 45 heavy (non-hydrogen) atoms. The number of hydrogen-bond donors (Lipinski definition) is 3. The molecule has 0 saturated heterocycles. The number of hydrogen-bond acceptors (Lipinski definition) is 7. The average Bonchev–Trinajstić information content (AvgIpc) is 3.49. The second-order valence-corrected chi connectivity index (χ2v) is 12.2. The fourth-order valence-corrected chi connectivity index (χ4v) is 5.44. The third-order valence-corrected chi connectivity index (χ3v) is 7.98. The monoisotopic (exact) mass is 639 g/mol. The molecule has 2 aromatic heterocycles. The van der Waals surface area contributed by atoms with E-state index in [4.69, 9.17) is 0 Å². The molecule has 0 saturated carbocycles. The van der Waals surface area contributed by atoms with E-state index in [1.807, 2.05) is 30.3 Å². The Morgan fingerprint density at radius 3 is 2.44 bits per heavy atom. The number of nitrogens with one attached hydrogen (secondary N) is 2. The van der Waals surface area contributed by atoms with E-state index >= 15 is 0 Å². The summed E-state index contributed by atoms with van der Waals surface area (Å²) in [7, 11) is 1.53. The fourth-order valence-electron chi connectivity index (χ4n) is 4.61. The first kappa shape index (κ1) is 33.8. The number of halogens is 3. The van der Waals surface area contributed by atoms with Gasteiger partial charge in [-0.1, -0.05) is 36.4 Å². The van der Waals surface area contributed by atoms with Crippen LogP contribution in [0.5, 0.6) is 0 Å². The van der Waals surface area contributed by atoms with Crippen LogP contribution >= 0.6 is 11.3 Å². The highest BCUT2D eigenvalue weighted by Gasteiger charge is 2.24. The first-order chi connectivity index (χ1) is 21.4. The summed E-state index contributed by atoms with van der Waals surface area (Å²) in [4.78, 5) is 35.8. The number of benzene rings is 2. The lowest BCUT2D eigenvalue weighted by molar-refractivity contribution is 0.0784. The van der Waals surface area contributed by atoms with E-state index in [9.17, 15) is 27.9 Å². The van der Waals surface area contributed by atoms with Crippen LogP contribution in [-0.4, -0.2) is 57.5 Å². The largest absolute Gasteiger partial charge is 0.390 e. The van der Waals surface area contributed by atoms with Gasteiger partial charge in [-0.3, -0.25) is 14.6 Å². The van der Waals surface area contributed by atoms with Crippen LogP contribution in [0.1, 0.15) is 68.4 Å². The molecule has 2 atom stereocenters. The van der Waals surface area contributed by atoms with Crippen molar-refractivity contribution in [1.29, 1.82) is 0 Å². The molecule has 0 aliphatic heterocycles. The number of aliphatic hydroxyl groups is 1. The molecule has 2 amide bonds. The Balaban J connectivity index is 1.42. The van der Waals surface area contributed by atoms with Crippen molar-refractivity contribution in [3.63, 3.8) is 0 Å². The van der Waals surface area contributed by atoms with Crippen molar-refractivity contribution in [2.45, 2.75) is 57.6 Å². The van der Waals surface area contributed by atoms with Crippen molar-refractivity contribution in [3.05, 3.63) is 117 Å². The number of amides is 2. The molecule has 4 aromatic rings. The van der Waals surface area contributed by atoms with Crippen LogP contribution in [0.2, 0.25) is 0 Å². The normalized spacial score (nSPS) is 13.0. The SMILES string of the molecule is CN(Cc1nc(C(F)F)cs1)C(=O)c1cccc(C(=O)N[C@@H](Cc2ccccc2)[C@H](O)CNCc2cncc(C(C)(C)F)c2)c1. The first-order valence-corrected chi connectivity index (χ1v) is 15.2. The summed E-state index contributed by atoms with van der Waals surface area (Å²) in [5.41, 5.74) is 0.712. The number of carbonyl (C=O) groups excluding carboxylic acids is 2. The van der Waals surface area contributed by atoms with E-state index in [-0.39, 0.29) is 29.9 Å². The smallest absolute Gasteiger partial charge is 0.281 e. The number of aromatic nitrogens is 2. The molecule has 2 heterocycles. The molecule has 8 nitrogen and oxygen atoms in total. The highest BCUT2D eigenvalue weighted by molar-refractivity contribution is 7.09. The third-order valence-electron chi connectivity index (χ3n) is 7.13. The maximum absolute atomic E-state index is 14.4. The third kappa shape index (κ3) is 9.68. The maximum Gasteiger partial charge on any atom is 0.281 e. The van der Waals surface area contributed by atoms with Crippen molar-refractivity contribution in [2.75, 3.05) is 13.6 Å². The van der Waals surface area contributed by atoms with Crippen molar-refractivity contribution >= 4 is 23.2 Å². The van der Waals surface area contributed by atoms with E-state index in [2.05, 4.69) is 20.6 Å². The van der Waals surface area contributed by atoms with Gasteiger partial charge in [0, 0.05) is 54.6 Å². The van der Waals surface area contributed by atoms with Gasteiger partial charge in [0.15, 0.2) is 0 Å². The molecule has 0 radical (unpaired) electrons. The lowest BCUT2D eigenvalue weighted by Gasteiger charge is -2.25. The summed E-state index contributed by atoms with van der Waals surface area (Å²) in [6, 6.07) is 16.6. The summed E-state index contributed by atoms with van der Waals surface area (Å²) in [5, 5.41) is 18.9. The zero-order valence-electron chi connectivity index (χ0n) is 25.2. The molecular weight excluding hydrogens is 603 g/mol. The Morgan fingerprint density at radius 2 is 1.76 bits per heavy atom. The maximum atomic E-state index is 14.4. The summed E-state index contributed by atoms with van der Waals surface area (Å²) in [6.45, 7) is 3.43. The zero-order valence-corrected chi connectivity index (χ0v) is 26.0. The molecule has 0 bridgehead atoms. The molecule has 238 valence electrons. The Bertz CT molecular complexity index is 1580. The molecular formula is C33H36F3N5O3S. The lowest BCUT2D eigenvalue weighted by Crippen LogP contribution is -2.48. The minimum atomic E-state index is -2.68. The van der Waals surface area contributed by atoms with Gasteiger partial charge in [0.25, 0.3) is 18.2 Å². The van der Waals surface area contributed by atoms with Crippen molar-refractivity contribution in [2.24, 2.45) is 0 Å². The molecule has 0 aliphatic rings. The lowest BCUT2D eigenvalue weighted by atomic mass is 9.99. The highest BCUT2D eigenvalue weighted by atomic mass is 32.1. The first-order valence-electron chi connectivity index (χ1n) is 14.4. The number of rotatable bonds is 14. The van der Waals surface area contributed by atoms with Gasteiger partial charge in [0.2, 0.25) is 0 Å². The van der Waals surface area contributed by atoms with E-state index in [1.165, 1.54) is 43.4 Å². The zero-order chi connectivity index (χ0) is 32.6. The molecule has 3 N–H and O–H groups in total. The summed E-state index contributed by atoms with van der Waals surface area (Å²) in [5.74, 6) is -0.880. The molecule has 0 aliphatic carbocycles. The van der Waals surface area contributed by atoms with E-state index in [0.717, 1.165) is 22.5 Å². The van der Waals surface area contributed by atoms with Crippen LogP contribution in [0.4, 0.5) is 13.2 Å². The number of carbonyl (C=O) groups is 2. The van der Waals surface area contributed by atoms with E-state index in [1.54, 1.807) is 30.5 Å². The minimum absolute atomic E-state index is 0.0386. The van der Waals surface area contributed by atoms with Gasteiger partial charge < -0.3 is 20.6 Å². The van der Waals surface area contributed by atoms with Crippen LogP contribution in [0.3, 0.4) is 0 Å². The van der Waals surface area contributed by atoms with Crippen LogP contribution in [-0.2, 0) is 25.2 Å². The van der Waals surface area contributed by atoms with Gasteiger partial charge in [-0.05, 0) is 55.7 Å². The second kappa shape index (κ2) is 15.2. The minimum Gasteiger partial charge on any atom is -0.390 e. The van der Waals surface area contributed by atoms with Crippen LogP contribution in [0.15, 0.2) is 78.4 Å². The van der Waals surface area contributed by atoms with E-state index < -0.39 is 36.1 Å². The number of thiazole rings is 1. The Hall–Kier alpha value is -4.13. The quantitative estimate of drug-likeness (QED) is 0.170. The second-order valence-electron chi connectivity index (χ2n) is 11.2. The van der Waals surface area contributed by atoms with Crippen LogP contribution in [0, 0.1) is 0 Å². The van der Waals surface area contributed by atoms with Gasteiger partial charge in [-0.15, -0.1) is 11.3 Å². The Morgan fingerprint density at radius 1 is 1.02 bits per heavy atom. The van der Waals surface area contributed by atoms with Crippen LogP contribution in [0.25, 0.3) is 0 Å². The molecule has 0 unspecified atom stereocenters. The van der Waals surface area contributed by atoms with Gasteiger partial charge in [0.05, 0.1) is 18.7 Å². The van der Waals surface area contributed by atoms with Crippen molar-refractivity contribution in [3.8, 4) is 0 Å². The summed E-state index contributed by atoms with van der Waals surface area (Å²) < 4.78 is 40.2. The van der Waals surface area contributed by atoms with E-state index in [0.29, 0.717) is 23.5 Å². The Kier molecular flexibility index (Phi) is 11.4. The van der Waals surface area contributed by atoms with Gasteiger partial charge in [-0.2, -0.15) is 0 Å². The van der Waals surface area contributed by atoms with Crippen molar-refractivity contribution < 1.29 is 27.9 Å². The number of alkyl halides is 3. The Labute approximate surface area is 264 Å². The standard InChI is InChI=1S/C33H36F3N5O3S/c1-33(2,36)25-12-22(15-37-17-25)16-38-18-28(42)26(13-21-8-5-4-6-9-21)40-31(43)23-10-7-11-24(14-23)32(44)41(3)19-29-39-27(20-45-29)30(34)35/h4-12,14-15,17,20,26,28,30,38,42H,13,16,18-19H2,1-3H3,(H,40,43)/t26-,28+/m0/s1. The predicted molar refractivity (Wildman–Crippen MR) is 167 cm³/mol. The van der Waals surface area contributed by atoms with Gasteiger partial charge in [0.1, 0.15) is 16.4 Å². The molecule has 2 aromatic carbocycles. The van der Waals surface area contributed by atoms with Crippen LogP contribution < -0.4 is 10.6 Å². The highest BCUT2D eigenvalue weighted by Crippen LogP contribution is 2.24. The van der Waals surface area contributed by atoms with Gasteiger partial charge >= 0.3 is 0 Å². The molecule has 4 rings (SSSR count). The molecule has 12 heteroatoms. The van der Waals surface area contributed by atoms with Gasteiger partial charge in [-0.25, -0.2) is 18.2 Å². The summed E-state index contributed by atoms with van der Waals surface area (Å²) in [6.07, 6.45) is -0.221. The predicted octanol–water partition coefficient (Wildman–Crippen LogP) is 5.44. The van der Waals surface area contributed by atoms with Crippen molar-refractivity contribution in [1.82, 2.24) is 25.5 Å². The average molecular weight is 640 g/mol. The molecule has 0 spiro atoms. The number of nitrogens with zero attached hydrogens (tertiary/aromatic N) is 3. The fraction of sp³-hybridized carbons (Fsp3) is 0.333. The topological polar surface area (TPSA) is 107 Å². The summed E-state index contributed by atoms with van der Waals surface area (Å²) >= 11 is 1.05. The molecule has 0 fully saturated rings.